The third kappa shape index (κ3) is 2.73. The van der Waals surface area contributed by atoms with Crippen LogP contribution in [0.1, 0.15) is 40.0 Å². The lowest BCUT2D eigenvalue weighted by Crippen LogP contribution is -2.70. The first kappa shape index (κ1) is 23.4. The van der Waals surface area contributed by atoms with Gasteiger partial charge >= 0.3 is 0 Å². The third-order valence-corrected chi connectivity index (χ3v) is 9.62. The summed E-state index contributed by atoms with van der Waals surface area (Å²) >= 11 is 0. The minimum Gasteiger partial charge on any atom is -0.459 e. The second kappa shape index (κ2) is 7.34. The van der Waals surface area contributed by atoms with Gasteiger partial charge in [-0.15, -0.1) is 0 Å². The Balaban J connectivity index is 1.57. The molecule has 5 rings (SSSR count). The molecule has 0 saturated heterocycles. The summed E-state index contributed by atoms with van der Waals surface area (Å²) in [6.45, 7) is 9.35. The number of halogens is 2. The van der Waals surface area contributed by atoms with Crippen molar-refractivity contribution in [3.63, 3.8) is 0 Å². The molecule has 0 unspecified atom stereocenters. The van der Waals surface area contributed by atoms with Gasteiger partial charge in [0.15, 0.2) is 11.5 Å². The highest BCUT2D eigenvalue weighted by molar-refractivity contribution is 6.01. The van der Waals surface area contributed by atoms with Gasteiger partial charge in [-0.2, -0.15) is 0 Å². The summed E-state index contributed by atoms with van der Waals surface area (Å²) in [5.41, 5.74) is -6.04. The monoisotopic (exact) mass is 470 g/mol. The van der Waals surface area contributed by atoms with Crippen LogP contribution < -0.4 is 4.74 Å². The number of allylic oxidation sites excluding steroid dienone is 4. The van der Waals surface area contributed by atoms with Crippen molar-refractivity contribution < 1.29 is 28.5 Å². The van der Waals surface area contributed by atoms with E-state index in [1.54, 1.807) is 19.1 Å². The molecule has 3 fully saturated rings. The van der Waals surface area contributed by atoms with Gasteiger partial charge in [0.2, 0.25) is 0 Å². The zero-order valence-electron chi connectivity index (χ0n) is 19.8. The summed E-state index contributed by atoms with van der Waals surface area (Å²) in [4.78, 5) is 12.0. The van der Waals surface area contributed by atoms with Crippen molar-refractivity contribution in [1.82, 2.24) is 0 Å². The first-order valence-electron chi connectivity index (χ1n) is 12.0. The first-order valence-corrected chi connectivity index (χ1v) is 12.0. The maximum atomic E-state index is 17.2. The van der Waals surface area contributed by atoms with Crippen LogP contribution in [0, 0.1) is 28.6 Å². The minimum absolute atomic E-state index is 0.0374. The molecule has 1 aromatic carbocycles. The van der Waals surface area contributed by atoms with Crippen molar-refractivity contribution in [1.29, 1.82) is 0 Å². The van der Waals surface area contributed by atoms with Crippen LogP contribution in [0.2, 0.25) is 0 Å². The highest BCUT2D eigenvalue weighted by Gasteiger charge is 2.76. The topological polar surface area (TPSA) is 66.8 Å². The van der Waals surface area contributed by atoms with E-state index in [2.05, 4.69) is 6.58 Å². The summed E-state index contributed by atoms with van der Waals surface area (Å²) < 4.78 is 38.7. The van der Waals surface area contributed by atoms with E-state index in [4.69, 9.17) is 4.74 Å². The van der Waals surface area contributed by atoms with Crippen molar-refractivity contribution >= 4 is 5.78 Å². The molecule has 0 spiro atoms. The molecule has 0 radical (unpaired) electrons. The molecule has 0 amide bonds. The van der Waals surface area contributed by atoms with E-state index < -0.39 is 46.2 Å². The van der Waals surface area contributed by atoms with Crippen LogP contribution in [-0.4, -0.2) is 39.5 Å². The number of hydrogen-bond donors (Lipinski definition) is 2. The number of ketones is 1. The predicted molar refractivity (Wildman–Crippen MR) is 124 cm³/mol. The van der Waals surface area contributed by atoms with Crippen molar-refractivity contribution in [2.75, 3.05) is 0 Å². The number of hydrogen-bond acceptors (Lipinski definition) is 4. The normalized spacial score (nSPS) is 47.3. The van der Waals surface area contributed by atoms with Gasteiger partial charge < -0.3 is 14.9 Å². The number of para-hydroxylation sites is 1. The second-order valence-electron chi connectivity index (χ2n) is 11.1. The Bertz CT molecular complexity index is 1100. The Morgan fingerprint density at radius 2 is 1.85 bits per heavy atom. The SMILES string of the molecule is C=C(Oc1ccccc1)[C@@]1(O)[C@@H](C)C[C@H]2[C@@H]3C[C@H](F)C4=CC(=O)C=C[C@]4(C)[C@@]3(F)[C@@H](O)C[C@@]21C. The van der Waals surface area contributed by atoms with E-state index in [1.807, 2.05) is 32.0 Å². The van der Waals surface area contributed by atoms with Crippen molar-refractivity contribution in [2.24, 2.45) is 28.6 Å². The molecule has 34 heavy (non-hydrogen) atoms. The summed E-state index contributed by atoms with van der Waals surface area (Å²) in [5.74, 6) is -1.31. The van der Waals surface area contributed by atoms with Gasteiger partial charge in [-0.05, 0) is 67.9 Å². The summed E-state index contributed by atoms with van der Waals surface area (Å²) in [6, 6.07) is 9.00. The van der Waals surface area contributed by atoms with E-state index in [1.165, 1.54) is 18.2 Å². The lowest BCUT2D eigenvalue weighted by Gasteiger charge is -2.63. The lowest BCUT2D eigenvalue weighted by molar-refractivity contribution is -0.221. The fourth-order valence-electron chi connectivity index (χ4n) is 7.84. The number of aliphatic hydroxyl groups is 2. The van der Waals surface area contributed by atoms with Crippen LogP contribution >= 0.6 is 0 Å². The average Bonchev–Trinajstić information content (AvgIpc) is 2.99. The molecule has 9 atom stereocenters. The van der Waals surface area contributed by atoms with Gasteiger partial charge in [-0.3, -0.25) is 4.79 Å². The fourth-order valence-corrected chi connectivity index (χ4v) is 7.84. The maximum Gasteiger partial charge on any atom is 0.178 e. The van der Waals surface area contributed by atoms with Gasteiger partial charge in [-0.1, -0.05) is 44.7 Å². The largest absolute Gasteiger partial charge is 0.459 e. The molecule has 1 aromatic rings. The Morgan fingerprint density at radius 3 is 2.53 bits per heavy atom. The number of rotatable bonds is 3. The number of alkyl halides is 2. The minimum atomic E-state index is -2.17. The molecule has 6 heteroatoms. The van der Waals surface area contributed by atoms with Crippen LogP contribution in [0.25, 0.3) is 0 Å². The van der Waals surface area contributed by atoms with E-state index in [-0.39, 0.29) is 35.9 Å². The molecule has 0 aliphatic heterocycles. The summed E-state index contributed by atoms with van der Waals surface area (Å²) in [5, 5.41) is 23.5. The van der Waals surface area contributed by atoms with Gasteiger partial charge in [0.25, 0.3) is 0 Å². The molecular formula is C28H32F2O4. The molecule has 182 valence electrons. The fraction of sp³-hybridized carbons (Fsp3) is 0.536. The number of benzene rings is 1. The highest BCUT2D eigenvalue weighted by atomic mass is 19.1. The molecule has 0 aromatic heterocycles. The van der Waals surface area contributed by atoms with E-state index in [0.29, 0.717) is 12.2 Å². The van der Waals surface area contributed by atoms with Crippen molar-refractivity contribution in [3.8, 4) is 5.75 Å². The molecule has 2 N–H and O–H groups in total. The number of carbonyl (C=O) groups excluding carboxylic acids is 1. The van der Waals surface area contributed by atoms with Crippen LogP contribution in [0.4, 0.5) is 8.78 Å². The Kier molecular flexibility index (Phi) is 5.06. The summed E-state index contributed by atoms with van der Waals surface area (Å²) in [6.07, 6.45) is 1.16. The van der Waals surface area contributed by atoms with E-state index >= 15 is 8.78 Å². The molecule has 4 aliphatic rings. The molecule has 4 nitrogen and oxygen atoms in total. The van der Waals surface area contributed by atoms with Gasteiger partial charge in [0.1, 0.15) is 23.3 Å². The molecule has 0 heterocycles. The Hall–Kier alpha value is -2.31. The van der Waals surface area contributed by atoms with Crippen LogP contribution in [-0.2, 0) is 4.79 Å². The molecular weight excluding hydrogens is 438 g/mol. The second-order valence-corrected chi connectivity index (χ2v) is 11.1. The predicted octanol–water partition coefficient (Wildman–Crippen LogP) is 4.88. The number of carbonyl (C=O) groups is 1. The van der Waals surface area contributed by atoms with Gasteiger partial charge in [-0.25, -0.2) is 8.78 Å². The zero-order valence-corrected chi connectivity index (χ0v) is 19.8. The van der Waals surface area contributed by atoms with E-state index in [9.17, 15) is 15.0 Å². The highest BCUT2D eigenvalue weighted by Crippen LogP contribution is 2.71. The zero-order chi connectivity index (χ0) is 24.7. The summed E-state index contributed by atoms with van der Waals surface area (Å²) in [7, 11) is 0. The maximum absolute atomic E-state index is 17.2. The van der Waals surface area contributed by atoms with Gasteiger partial charge in [0, 0.05) is 16.7 Å². The Morgan fingerprint density at radius 1 is 1.18 bits per heavy atom. The quantitative estimate of drug-likeness (QED) is 0.619. The smallest absolute Gasteiger partial charge is 0.178 e. The van der Waals surface area contributed by atoms with E-state index in [0.717, 1.165) is 0 Å². The van der Waals surface area contributed by atoms with Crippen LogP contribution in [0.3, 0.4) is 0 Å². The Labute approximate surface area is 199 Å². The molecule has 3 saturated carbocycles. The number of aliphatic hydroxyl groups excluding tert-OH is 1. The van der Waals surface area contributed by atoms with Crippen molar-refractivity contribution in [3.05, 3.63) is 66.5 Å². The lowest BCUT2D eigenvalue weighted by atomic mass is 9.44. The number of fused-ring (bicyclic) bond motifs is 5. The third-order valence-electron chi connectivity index (χ3n) is 9.62. The first-order chi connectivity index (χ1) is 15.9. The molecule has 4 aliphatic carbocycles. The van der Waals surface area contributed by atoms with Gasteiger partial charge in [0.05, 0.1) is 6.10 Å². The van der Waals surface area contributed by atoms with Crippen LogP contribution in [0.5, 0.6) is 5.75 Å². The average molecular weight is 471 g/mol. The van der Waals surface area contributed by atoms with Crippen molar-refractivity contribution in [2.45, 2.75) is 63.6 Å². The number of ether oxygens (including phenoxy) is 1. The standard InChI is InChI=1S/C28H32F2O4/c1-16-12-20-21-14-23(29)22-13-18(31)10-11-25(22,3)27(21,30)24(32)15-26(20,4)28(16,33)17(2)34-19-8-6-5-7-9-19/h5-11,13,16,20-21,23-24,32-33H,2,12,14-15H2,1,3-4H3/t16-,20-,21-,23-,24-,25-,26-,27-,28-/m0/s1. The van der Waals surface area contributed by atoms with Crippen LogP contribution in [0.15, 0.2) is 66.5 Å². The molecule has 0 bridgehead atoms.